The third kappa shape index (κ3) is 3.62. The van der Waals surface area contributed by atoms with Gasteiger partial charge in [-0.25, -0.2) is 0 Å². The average Bonchev–Trinajstić information content (AvgIpc) is 2.18. The van der Waals surface area contributed by atoms with Crippen LogP contribution in [0.3, 0.4) is 0 Å². The Morgan fingerprint density at radius 3 is 2.47 bits per heavy atom. The van der Waals surface area contributed by atoms with E-state index in [1.807, 2.05) is 50.1 Å². The van der Waals surface area contributed by atoms with Crippen molar-refractivity contribution in [1.29, 1.82) is 0 Å². The molecule has 0 saturated heterocycles. The van der Waals surface area contributed by atoms with Gasteiger partial charge in [0.2, 0.25) is 0 Å². The molecule has 0 aliphatic rings. The van der Waals surface area contributed by atoms with Crippen molar-refractivity contribution in [3.8, 4) is 0 Å². The van der Waals surface area contributed by atoms with E-state index in [0.717, 1.165) is 5.69 Å². The van der Waals surface area contributed by atoms with Crippen LogP contribution in [-0.2, 0) is 9.53 Å². The lowest BCUT2D eigenvalue weighted by Crippen LogP contribution is -2.26. The van der Waals surface area contributed by atoms with Crippen molar-refractivity contribution >= 4 is 11.7 Å². The molecule has 0 atom stereocenters. The number of hydrogen-bond acceptors (Lipinski definition) is 3. The summed E-state index contributed by atoms with van der Waals surface area (Å²) >= 11 is 0. The maximum atomic E-state index is 11.2. The molecule has 1 aromatic rings. The molecule has 0 spiro atoms. The van der Waals surface area contributed by atoms with E-state index in [-0.39, 0.29) is 12.5 Å². The van der Waals surface area contributed by atoms with Crippen LogP contribution in [0.15, 0.2) is 24.3 Å². The minimum Gasteiger partial charge on any atom is -0.465 e. The number of anilines is 1. The average molecular weight is 207 g/mol. The van der Waals surface area contributed by atoms with Gasteiger partial charge in [-0.15, -0.1) is 0 Å². The third-order valence-corrected chi connectivity index (χ3v) is 2.15. The summed E-state index contributed by atoms with van der Waals surface area (Å²) in [7, 11) is 1.88. The Hall–Kier alpha value is -1.51. The molecule has 0 aliphatic heterocycles. The van der Waals surface area contributed by atoms with Crippen molar-refractivity contribution in [3.63, 3.8) is 0 Å². The predicted octanol–water partition coefficient (Wildman–Crippen LogP) is 1.99. The number of benzene rings is 1. The van der Waals surface area contributed by atoms with Crippen LogP contribution in [0.25, 0.3) is 0 Å². The molecule has 15 heavy (non-hydrogen) atoms. The Bertz CT molecular complexity index is 319. The van der Waals surface area contributed by atoms with Gasteiger partial charge in [-0.05, 0) is 26.0 Å². The van der Waals surface area contributed by atoms with Crippen LogP contribution in [0, 0.1) is 6.92 Å². The van der Waals surface area contributed by atoms with Crippen LogP contribution in [0.2, 0.25) is 0 Å². The number of likely N-dealkylation sites (N-methyl/N-ethyl adjacent to an activating group) is 1. The molecule has 3 heteroatoms. The van der Waals surface area contributed by atoms with Crippen LogP contribution in [0.4, 0.5) is 5.69 Å². The largest absolute Gasteiger partial charge is 0.465 e. The van der Waals surface area contributed by atoms with Crippen LogP contribution in [0.1, 0.15) is 12.5 Å². The first-order chi connectivity index (χ1) is 7.13. The predicted molar refractivity (Wildman–Crippen MR) is 61.1 cm³/mol. The molecule has 0 aromatic heterocycles. The van der Waals surface area contributed by atoms with E-state index in [4.69, 9.17) is 4.74 Å². The van der Waals surface area contributed by atoms with Gasteiger partial charge in [-0.3, -0.25) is 4.79 Å². The van der Waals surface area contributed by atoms with Gasteiger partial charge >= 0.3 is 5.97 Å². The SMILES string of the molecule is CCOC(=O)CN(C)c1ccc(C)cc1. The normalized spacial score (nSPS) is 9.80. The molecule has 0 amide bonds. The molecule has 0 N–H and O–H groups in total. The number of rotatable bonds is 4. The Morgan fingerprint density at radius 2 is 1.93 bits per heavy atom. The van der Waals surface area contributed by atoms with Crippen molar-refractivity contribution < 1.29 is 9.53 Å². The topological polar surface area (TPSA) is 29.5 Å². The van der Waals surface area contributed by atoms with E-state index in [1.165, 1.54) is 5.56 Å². The molecular formula is C12H17NO2. The molecule has 1 aromatic carbocycles. The summed E-state index contributed by atoms with van der Waals surface area (Å²) in [5.74, 6) is -0.194. The van der Waals surface area contributed by atoms with E-state index in [0.29, 0.717) is 6.61 Å². The van der Waals surface area contributed by atoms with Crippen LogP contribution < -0.4 is 4.90 Å². The highest BCUT2D eigenvalue weighted by atomic mass is 16.5. The van der Waals surface area contributed by atoms with Gasteiger partial charge in [0.15, 0.2) is 0 Å². The first-order valence-electron chi connectivity index (χ1n) is 5.07. The first-order valence-corrected chi connectivity index (χ1v) is 5.07. The summed E-state index contributed by atoms with van der Waals surface area (Å²) < 4.78 is 4.88. The molecule has 0 aliphatic carbocycles. The fraction of sp³-hybridized carbons (Fsp3) is 0.417. The maximum absolute atomic E-state index is 11.2. The summed E-state index contributed by atoms with van der Waals surface area (Å²) in [6.45, 7) is 4.57. The Labute approximate surface area is 90.7 Å². The number of aryl methyl sites for hydroxylation is 1. The number of esters is 1. The number of carbonyl (C=O) groups excluding carboxylic acids is 1. The van der Waals surface area contributed by atoms with Crippen LogP contribution in [0.5, 0.6) is 0 Å². The molecule has 0 heterocycles. The minimum absolute atomic E-state index is 0.194. The summed E-state index contributed by atoms with van der Waals surface area (Å²) in [6.07, 6.45) is 0. The third-order valence-electron chi connectivity index (χ3n) is 2.15. The zero-order valence-corrected chi connectivity index (χ0v) is 9.49. The molecule has 1 rings (SSSR count). The van der Waals surface area contributed by atoms with E-state index in [9.17, 15) is 4.79 Å². The molecule has 82 valence electrons. The van der Waals surface area contributed by atoms with Crippen molar-refractivity contribution in [2.24, 2.45) is 0 Å². The van der Waals surface area contributed by atoms with E-state index in [2.05, 4.69) is 0 Å². The standard InChI is InChI=1S/C12H17NO2/c1-4-15-12(14)9-13(3)11-7-5-10(2)6-8-11/h5-8H,4,9H2,1-3H3. The van der Waals surface area contributed by atoms with E-state index < -0.39 is 0 Å². The maximum Gasteiger partial charge on any atom is 0.325 e. The van der Waals surface area contributed by atoms with Gasteiger partial charge in [-0.1, -0.05) is 17.7 Å². The van der Waals surface area contributed by atoms with Gasteiger partial charge < -0.3 is 9.64 Å². The van der Waals surface area contributed by atoms with Gasteiger partial charge in [0.1, 0.15) is 6.54 Å². The first kappa shape index (κ1) is 11.6. The molecule has 0 saturated carbocycles. The van der Waals surface area contributed by atoms with Crippen molar-refractivity contribution in [3.05, 3.63) is 29.8 Å². The number of hydrogen-bond donors (Lipinski definition) is 0. The fourth-order valence-corrected chi connectivity index (χ4v) is 1.29. The molecule has 0 radical (unpaired) electrons. The number of carbonyl (C=O) groups is 1. The molecule has 0 unspecified atom stereocenters. The van der Waals surface area contributed by atoms with Gasteiger partial charge in [0.25, 0.3) is 0 Å². The highest BCUT2D eigenvalue weighted by molar-refractivity contribution is 5.75. The summed E-state index contributed by atoms with van der Waals surface area (Å²) in [6, 6.07) is 8.04. The quantitative estimate of drug-likeness (QED) is 0.707. The smallest absolute Gasteiger partial charge is 0.325 e. The number of ether oxygens (including phenoxy) is 1. The second-order valence-electron chi connectivity index (χ2n) is 3.50. The molecule has 0 bridgehead atoms. The van der Waals surface area contributed by atoms with Crippen molar-refractivity contribution in [1.82, 2.24) is 0 Å². The van der Waals surface area contributed by atoms with Gasteiger partial charge in [0, 0.05) is 12.7 Å². The van der Waals surface area contributed by atoms with Crippen LogP contribution >= 0.6 is 0 Å². The second-order valence-corrected chi connectivity index (χ2v) is 3.50. The summed E-state index contributed by atoms with van der Waals surface area (Å²) in [4.78, 5) is 13.1. The lowest BCUT2D eigenvalue weighted by molar-refractivity contribution is -0.141. The molecule has 0 fully saturated rings. The zero-order valence-electron chi connectivity index (χ0n) is 9.49. The zero-order chi connectivity index (χ0) is 11.3. The van der Waals surface area contributed by atoms with E-state index >= 15 is 0 Å². The highest BCUT2D eigenvalue weighted by Gasteiger charge is 2.07. The van der Waals surface area contributed by atoms with Gasteiger partial charge in [0.05, 0.1) is 6.61 Å². The van der Waals surface area contributed by atoms with E-state index in [1.54, 1.807) is 0 Å². The van der Waals surface area contributed by atoms with Crippen molar-refractivity contribution in [2.75, 3.05) is 25.1 Å². The number of nitrogens with zero attached hydrogens (tertiary/aromatic N) is 1. The summed E-state index contributed by atoms with van der Waals surface area (Å²) in [5.41, 5.74) is 2.23. The monoisotopic (exact) mass is 207 g/mol. The fourth-order valence-electron chi connectivity index (χ4n) is 1.29. The molecular weight excluding hydrogens is 190 g/mol. The highest BCUT2D eigenvalue weighted by Crippen LogP contribution is 2.12. The Balaban J connectivity index is 2.57. The lowest BCUT2D eigenvalue weighted by Gasteiger charge is -2.18. The van der Waals surface area contributed by atoms with Crippen LogP contribution in [-0.4, -0.2) is 26.2 Å². The minimum atomic E-state index is -0.194. The Kier molecular flexibility index (Phi) is 4.16. The van der Waals surface area contributed by atoms with Gasteiger partial charge in [-0.2, -0.15) is 0 Å². The Morgan fingerprint density at radius 1 is 1.33 bits per heavy atom. The molecule has 3 nitrogen and oxygen atoms in total. The lowest BCUT2D eigenvalue weighted by atomic mass is 10.2. The summed E-state index contributed by atoms with van der Waals surface area (Å²) in [5, 5.41) is 0. The van der Waals surface area contributed by atoms with Crippen molar-refractivity contribution in [2.45, 2.75) is 13.8 Å². The second kappa shape index (κ2) is 5.39.